The third-order valence-electron chi connectivity index (χ3n) is 1.53. The molecule has 2 aromatic rings. The first kappa shape index (κ1) is 11.5. The van der Waals surface area contributed by atoms with Gasteiger partial charge >= 0.3 is 0 Å². The van der Waals surface area contributed by atoms with E-state index in [2.05, 4.69) is 25.9 Å². The van der Waals surface area contributed by atoms with Gasteiger partial charge in [-0.3, -0.25) is 0 Å². The molecule has 0 amide bonds. The first-order valence-electron chi connectivity index (χ1n) is 5.25. The Morgan fingerprint density at radius 3 is 2.07 bits per heavy atom. The van der Waals surface area contributed by atoms with E-state index in [1.807, 2.05) is 47.3 Å². The van der Waals surface area contributed by atoms with Gasteiger partial charge in [-0.25, -0.2) is 4.68 Å². The van der Waals surface area contributed by atoms with Crippen LogP contribution in [-0.4, -0.2) is 9.78 Å². The number of para-hydroxylation sites is 1. The molecule has 0 unspecified atom stereocenters. The zero-order chi connectivity index (χ0) is 11.1. The normalized spacial score (nSPS) is 9.60. The molecule has 0 saturated heterocycles. The second kappa shape index (κ2) is 6.02. The molecule has 0 atom stereocenters. The first-order chi connectivity index (χ1) is 7.20. The van der Waals surface area contributed by atoms with E-state index in [0.29, 0.717) is 0 Å². The topological polar surface area (TPSA) is 17.8 Å². The lowest BCUT2D eigenvalue weighted by molar-refractivity contribution is 0.737. The van der Waals surface area contributed by atoms with Gasteiger partial charge in [0.05, 0.1) is 5.69 Å². The summed E-state index contributed by atoms with van der Waals surface area (Å²) >= 11 is 0. The summed E-state index contributed by atoms with van der Waals surface area (Å²) in [6.45, 7) is 6.50. The molecule has 0 aliphatic carbocycles. The number of hydrogen-bond acceptors (Lipinski definition) is 1. The number of benzene rings is 1. The lowest BCUT2D eigenvalue weighted by Gasteiger charge is -1.97. The Bertz CT molecular complexity index is 347. The van der Waals surface area contributed by atoms with E-state index in [1.54, 1.807) is 6.20 Å². The van der Waals surface area contributed by atoms with Crippen LogP contribution < -0.4 is 0 Å². The van der Waals surface area contributed by atoms with Gasteiger partial charge in [0.15, 0.2) is 0 Å². The van der Waals surface area contributed by atoms with E-state index in [-0.39, 0.29) is 0 Å². The van der Waals surface area contributed by atoms with Crippen LogP contribution >= 0.6 is 0 Å². The number of hydrogen-bond donors (Lipinski definition) is 0. The Labute approximate surface area is 91.6 Å². The predicted molar refractivity (Wildman–Crippen MR) is 64.1 cm³/mol. The SMILES string of the molecule is CC(C)C.c1ccc(-n2cccn2)cc1. The molecule has 2 nitrogen and oxygen atoms in total. The summed E-state index contributed by atoms with van der Waals surface area (Å²) in [5.41, 5.74) is 1.09. The van der Waals surface area contributed by atoms with Crippen LogP contribution in [0.2, 0.25) is 0 Å². The van der Waals surface area contributed by atoms with E-state index < -0.39 is 0 Å². The Morgan fingerprint density at radius 1 is 1.00 bits per heavy atom. The average molecular weight is 202 g/mol. The molecule has 1 heterocycles. The van der Waals surface area contributed by atoms with Crippen LogP contribution in [0.25, 0.3) is 5.69 Å². The Morgan fingerprint density at radius 2 is 1.60 bits per heavy atom. The minimum atomic E-state index is 0.833. The molecule has 0 aliphatic heterocycles. The molecule has 0 radical (unpaired) electrons. The molecule has 0 bridgehead atoms. The van der Waals surface area contributed by atoms with Gasteiger partial charge < -0.3 is 0 Å². The van der Waals surface area contributed by atoms with E-state index in [0.717, 1.165) is 11.6 Å². The molecule has 0 saturated carbocycles. The van der Waals surface area contributed by atoms with Crippen molar-refractivity contribution in [2.45, 2.75) is 20.8 Å². The van der Waals surface area contributed by atoms with Crippen molar-refractivity contribution in [2.75, 3.05) is 0 Å². The Hall–Kier alpha value is -1.57. The van der Waals surface area contributed by atoms with E-state index in [9.17, 15) is 0 Å². The van der Waals surface area contributed by atoms with E-state index in [1.165, 1.54) is 0 Å². The van der Waals surface area contributed by atoms with Gasteiger partial charge in [-0.15, -0.1) is 0 Å². The van der Waals surface area contributed by atoms with Crippen molar-refractivity contribution in [1.29, 1.82) is 0 Å². The van der Waals surface area contributed by atoms with Crippen molar-refractivity contribution in [1.82, 2.24) is 9.78 Å². The van der Waals surface area contributed by atoms with Crippen LogP contribution in [0.3, 0.4) is 0 Å². The fourth-order valence-corrected chi connectivity index (χ4v) is 1.00. The second-order valence-electron chi connectivity index (χ2n) is 4.02. The smallest absolute Gasteiger partial charge is 0.0645 e. The van der Waals surface area contributed by atoms with Crippen molar-refractivity contribution in [2.24, 2.45) is 5.92 Å². The summed E-state index contributed by atoms with van der Waals surface area (Å²) in [6, 6.07) is 11.9. The van der Waals surface area contributed by atoms with Gasteiger partial charge in [0.25, 0.3) is 0 Å². The van der Waals surface area contributed by atoms with Crippen molar-refractivity contribution >= 4 is 0 Å². The summed E-state index contributed by atoms with van der Waals surface area (Å²) in [5, 5.41) is 4.10. The van der Waals surface area contributed by atoms with Crippen molar-refractivity contribution in [3.8, 4) is 5.69 Å². The van der Waals surface area contributed by atoms with Gasteiger partial charge in [-0.2, -0.15) is 5.10 Å². The lowest BCUT2D eigenvalue weighted by Crippen LogP contribution is -1.91. The zero-order valence-corrected chi connectivity index (χ0v) is 9.59. The van der Waals surface area contributed by atoms with Gasteiger partial charge in [0, 0.05) is 12.4 Å². The largest absolute Gasteiger partial charge is 0.241 e. The van der Waals surface area contributed by atoms with Gasteiger partial charge in [-0.05, 0) is 24.1 Å². The summed E-state index contributed by atoms with van der Waals surface area (Å²) in [6.07, 6.45) is 3.70. The maximum atomic E-state index is 4.10. The molecule has 2 rings (SSSR count). The van der Waals surface area contributed by atoms with Crippen LogP contribution in [0.1, 0.15) is 20.8 Å². The molecular weight excluding hydrogens is 184 g/mol. The summed E-state index contributed by atoms with van der Waals surface area (Å²) in [7, 11) is 0. The molecule has 0 fully saturated rings. The van der Waals surface area contributed by atoms with Crippen LogP contribution in [0.5, 0.6) is 0 Å². The van der Waals surface area contributed by atoms with Crippen LogP contribution in [-0.2, 0) is 0 Å². The highest BCUT2D eigenvalue weighted by Gasteiger charge is 1.90. The molecule has 80 valence electrons. The average Bonchev–Trinajstić information content (AvgIpc) is 2.71. The van der Waals surface area contributed by atoms with Crippen LogP contribution in [0.15, 0.2) is 48.8 Å². The van der Waals surface area contributed by atoms with E-state index in [4.69, 9.17) is 0 Å². The fourth-order valence-electron chi connectivity index (χ4n) is 1.00. The molecule has 1 aromatic heterocycles. The fraction of sp³-hybridized carbons (Fsp3) is 0.308. The molecule has 0 N–H and O–H groups in total. The van der Waals surface area contributed by atoms with Crippen molar-refractivity contribution in [3.05, 3.63) is 48.8 Å². The maximum absolute atomic E-state index is 4.10. The number of aromatic nitrogens is 2. The second-order valence-corrected chi connectivity index (χ2v) is 4.02. The van der Waals surface area contributed by atoms with Crippen LogP contribution in [0, 0.1) is 5.92 Å². The van der Waals surface area contributed by atoms with Gasteiger partial charge in [0.1, 0.15) is 0 Å². The highest BCUT2D eigenvalue weighted by Crippen LogP contribution is 2.03. The van der Waals surface area contributed by atoms with Crippen molar-refractivity contribution < 1.29 is 0 Å². The molecule has 1 aromatic carbocycles. The van der Waals surface area contributed by atoms with Gasteiger partial charge in [-0.1, -0.05) is 39.0 Å². The summed E-state index contributed by atoms with van der Waals surface area (Å²) in [4.78, 5) is 0. The number of nitrogens with zero attached hydrogens (tertiary/aromatic N) is 2. The molecule has 0 spiro atoms. The number of rotatable bonds is 1. The van der Waals surface area contributed by atoms with Crippen LogP contribution in [0.4, 0.5) is 0 Å². The molecule has 2 heteroatoms. The zero-order valence-electron chi connectivity index (χ0n) is 9.59. The highest BCUT2D eigenvalue weighted by atomic mass is 15.3. The Balaban J connectivity index is 0.000000245. The maximum Gasteiger partial charge on any atom is 0.0645 e. The summed E-state index contributed by atoms with van der Waals surface area (Å²) < 4.78 is 1.83. The predicted octanol–water partition coefficient (Wildman–Crippen LogP) is 3.53. The third-order valence-corrected chi connectivity index (χ3v) is 1.53. The monoisotopic (exact) mass is 202 g/mol. The highest BCUT2D eigenvalue weighted by molar-refractivity contribution is 5.29. The Kier molecular flexibility index (Phi) is 4.61. The lowest BCUT2D eigenvalue weighted by atomic mass is 10.3. The molecule has 15 heavy (non-hydrogen) atoms. The third kappa shape index (κ3) is 4.45. The van der Waals surface area contributed by atoms with Gasteiger partial charge in [0.2, 0.25) is 0 Å². The first-order valence-corrected chi connectivity index (χ1v) is 5.25. The quantitative estimate of drug-likeness (QED) is 0.691. The standard InChI is InChI=1S/C9H8N2.C4H10/c1-2-5-9(6-3-1)11-8-4-7-10-11;1-4(2)3/h1-8H;4H,1-3H3. The minimum Gasteiger partial charge on any atom is -0.241 e. The minimum absolute atomic E-state index is 0.833. The summed E-state index contributed by atoms with van der Waals surface area (Å²) in [5.74, 6) is 0.833. The molecule has 0 aliphatic rings. The van der Waals surface area contributed by atoms with Crippen molar-refractivity contribution in [3.63, 3.8) is 0 Å². The van der Waals surface area contributed by atoms with E-state index >= 15 is 0 Å². The molecular formula is C13H18N2.